The maximum Gasteiger partial charge on any atom is 0.156 e. The molecule has 0 radical (unpaired) electrons. The van der Waals surface area contributed by atoms with Crippen molar-refractivity contribution in [2.75, 3.05) is 0 Å². The maximum atomic E-state index is 11.0. The number of hydrogen-bond acceptors (Lipinski definition) is 2. The Balaban J connectivity index is 2.36. The number of rotatable bonds is 4. The molecule has 0 aliphatic heterocycles. The summed E-state index contributed by atoms with van der Waals surface area (Å²) in [5.41, 5.74) is 2.90. The van der Waals surface area contributed by atoms with E-state index in [1.165, 1.54) is 5.56 Å². The van der Waals surface area contributed by atoms with E-state index in [-0.39, 0.29) is 0 Å². The Kier molecular flexibility index (Phi) is 4.46. The van der Waals surface area contributed by atoms with Gasteiger partial charge >= 0.3 is 0 Å². The predicted octanol–water partition coefficient (Wildman–Crippen LogP) is 5.38. The number of carbonyl (C=O) groups is 1. The summed E-state index contributed by atoms with van der Waals surface area (Å²) in [6.07, 6.45) is 0.747. The lowest BCUT2D eigenvalue weighted by atomic mass is 9.98. The topological polar surface area (TPSA) is 26.3 Å². The van der Waals surface area contributed by atoms with Crippen molar-refractivity contribution in [1.82, 2.24) is 0 Å². The smallest absolute Gasteiger partial charge is 0.156 e. The molecular weight excluding hydrogens is 272 g/mol. The van der Waals surface area contributed by atoms with Crippen LogP contribution in [0, 0.1) is 6.92 Å². The Hall–Kier alpha value is -1.80. The second-order valence-corrected chi connectivity index (χ2v) is 5.46. The van der Waals surface area contributed by atoms with Gasteiger partial charge in [0, 0.05) is 0 Å². The Morgan fingerprint density at radius 2 is 1.95 bits per heavy atom. The van der Waals surface area contributed by atoms with E-state index >= 15 is 0 Å². The van der Waals surface area contributed by atoms with Crippen molar-refractivity contribution in [1.29, 1.82) is 0 Å². The monoisotopic (exact) mass is 288 g/mol. The molecule has 0 heterocycles. The number of ether oxygens (including phenoxy) is 1. The minimum absolute atomic E-state index is 0.404. The number of halogens is 1. The molecule has 0 saturated carbocycles. The summed E-state index contributed by atoms with van der Waals surface area (Å²) in [5.74, 6) is 1.55. The number of aryl methyl sites for hydroxylation is 1. The summed E-state index contributed by atoms with van der Waals surface area (Å²) in [6, 6.07) is 11.0. The molecule has 0 saturated heterocycles. The van der Waals surface area contributed by atoms with E-state index in [1.54, 1.807) is 18.2 Å². The molecule has 0 aromatic heterocycles. The Bertz CT molecular complexity index is 633. The number of benzene rings is 2. The molecule has 3 heteroatoms. The summed E-state index contributed by atoms with van der Waals surface area (Å²) in [4.78, 5) is 11.0. The standard InChI is InChI=1S/C17H17ClO2/c1-11(2)15-8-7-14(9-12(15)3)20-17-13(10-19)5-4-6-16(17)18/h4-11H,1-3H3. The highest BCUT2D eigenvalue weighted by Gasteiger charge is 2.10. The lowest BCUT2D eigenvalue weighted by Gasteiger charge is -2.13. The van der Waals surface area contributed by atoms with Crippen LogP contribution in [-0.4, -0.2) is 6.29 Å². The second kappa shape index (κ2) is 6.10. The molecule has 20 heavy (non-hydrogen) atoms. The minimum Gasteiger partial charge on any atom is -0.455 e. The third kappa shape index (κ3) is 3.02. The highest BCUT2D eigenvalue weighted by Crippen LogP contribution is 2.33. The van der Waals surface area contributed by atoms with Crippen molar-refractivity contribution in [3.8, 4) is 11.5 Å². The molecule has 0 atom stereocenters. The van der Waals surface area contributed by atoms with Crippen LogP contribution < -0.4 is 4.74 Å². The quantitative estimate of drug-likeness (QED) is 0.706. The van der Waals surface area contributed by atoms with Crippen molar-refractivity contribution < 1.29 is 9.53 Å². The van der Waals surface area contributed by atoms with Gasteiger partial charge in [-0.3, -0.25) is 4.79 Å². The number of carbonyl (C=O) groups excluding carboxylic acids is 1. The number of aldehydes is 1. The molecular formula is C17H17ClO2. The van der Waals surface area contributed by atoms with Gasteiger partial charge in [-0.05, 0) is 48.2 Å². The third-order valence-corrected chi connectivity index (χ3v) is 3.51. The zero-order valence-electron chi connectivity index (χ0n) is 11.8. The largest absolute Gasteiger partial charge is 0.455 e. The zero-order valence-corrected chi connectivity index (χ0v) is 12.6. The Morgan fingerprint density at radius 3 is 2.55 bits per heavy atom. The van der Waals surface area contributed by atoms with Gasteiger partial charge in [-0.25, -0.2) is 0 Å². The molecule has 2 nitrogen and oxygen atoms in total. The van der Waals surface area contributed by atoms with Gasteiger partial charge in [0.15, 0.2) is 12.0 Å². The van der Waals surface area contributed by atoms with Crippen LogP contribution in [0.25, 0.3) is 0 Å². The van der Waals surface area contributed by atoms with E-state index in [0.29, 0.717) is 28.0 Å². The first-order valence-corrected chi connectivity index (χ1v) is 6.92. The molecule has 2 aromatic carbocycles. The van der Waals surface area contributed by atoms with E-state index < -0.39 is 0 Å². The predicted molar refractivity (Wildman–Crippen MR) is 82.2 cm³/mol. The molecule has 0 aliphatic carbocycles. The highest BCUT2D eigenvalue weighted by atomic mass is 35.5. The molecule has 0 fully saturated rings. The summed E-state index contributed by atoms with van der Waals surface area (Å²) < 4.78 is 5.78. The average Bonchev–Trinajstić information content (AvgIpc) is 2.40. The van der Waals surface area contributed by atoms with Crippen LogP contribution in [0.5, 0.6) is 11.5 Å². The normalized spacial score (nSPS) is 10.7. The van der Waals surface area contributed by atoms with Crippen molar-refractivity contribution >= 4 is 17.9 Å². The van der Waals surface area contributed by atoms with Crippen LogP contribution in [0.1, 0.15) is 41.3 Å². The molecule has 0 N–H and O–H groups in total. The molecule has 0 spiro atoms. The van der Waals surface area contributed by atoms with Gasteiger partial charge < -0.3 is 4.74 Å². The average molecular weight is 289 g/mol. The van der Waals surface area contributed by atoms with Crippen LogP contribution in [0.2, 0.25) is 5.02 Å². The van der Waals surface area contributed by atoms with E-state index in [2.05, 4.69) is 20.8 Å². The Labute approximate surface area is 124 Å². The maximum absolute atomic E-state index is 11.0. The Morgan fingerprint density at radius 1 is 1.20 bits per heavy atom. The van der Waals surface area contributed by atoms with Gasteiger partial charge in [-0.2, -0.15) is 0 Å². The van der Waals surface area contributed by atoms with E-state index in [4.69, 9.17) is 16.3 Å². The third-order valence-electron chi connectivity index (χ3n) is 3.21. The molecule has 0 unspecified atom stereocenters. The van der Waals surface area contributed by atoms with Crippen LogP contribution in [0.15, 0.2) is 36.4 Å². The van der Waals surface area contributed by atoms with Crippen LogP contribution in [0.3, 0.4) is 0 Å². The van der Waals surface area contributed by atoms with Crippen molar-refractivity contribution in [2.45, 2.75) is 26.7 Å². The fourth-order valence-corrected chi connectivity index (χ4v) is 2.42. The van der Waals surface area contributed by atoms with Crippen LogP contribution in [-0.2, 0) is 0 Å². The van der Waals surface area contributed by atoms with E-state index in [1.807, 2.05) is 18.2 Å². The number of para-hydroxylation sites is 1. The minimum atomic E-state index is 0.404. The van der Waals surface area contributed by atoms with Crippen molar-refractivity contribution in [2.24, 2.45) is 0 Å². The van der Waals surface area contributed by atoms with Gasteiger partial charge in [0.05, 0.1) is 10.6 Å². The fourth-order valence-electron chi connectivity index (χ4n) is 2.20. The lowest BCUT2D eigenvalue weighted by Crippen LogP contribution is -1.95. The summed E-state index contributed by atoms with van der Waals surface area (Å²) in [7, 11) is 0. The van der Waals surface area contributed by atoms with Gasteiger partial charge in [-0.1, -0.05) is 37.6 Å². The summed E-state index contributed by atoms with van der Waals surface area (Å²) >= 11 is 6.10. The van der Waals surface area contributed by atoms with Gasteiger partial charge in [0.25, 0.3) is 0 Å². The molecule has 2 aromatic rings. The number of hydrogen-bond donors (Lipinski definition) is 0. The van der Waals surface area contributed by atoms with E-state index in [0.717, 1.165) is 11.8 Å². The molecule has 0 amide bonds. The van der Waals surface area contributed by atoms with Gasteiger partial charge in [-0.15, -0.1) is 0 Å². The summed E-state index contributed by atoms with van der Waals surface area (Å²) in [5, 5.41) is 0.431. The van der Waals surface area contributed by atoms with Gasteiger partial charge in [0.1, 0.15) is 5.75 Å². The first kappa shape index (κ1) is 14.6. The lowest BCUT2D eigenvalue weighted by molar-refractivity contribution is 0.112. The van der Waals surface area contributed by atoms with Crippen LogP contribution in [0.4, 0.5) is 0 Å². The van der Waals surface area contributed by atoms with Crippen molar-refractivity contribution in [3.63, 3.8) is 0 Å². The van der Waals surface area contributed by atoms with Crippen molar-refractivity contribution in [3.05, 3.63) is 58.1 Å². The first-order chi connectivity index (χ1) is 9.52. The fraction of sp³-hybridized carbons (Fsp3) is 0.235. The van der Waals surface area contributed by atoms with Gasteiger partial charge in [0.2, 0.25) is 0 Å². The van der Waals surface area contributed by atoms with E-state index in [9.17, 15) is 4.79 Å². The molecule has 104 valence electrons. The molecule has 2 rings (SSSR count). The highest BCUT2D eigenvalue weighted by molar-refractivity contribution is 6.32. The second-order valence-electron chi connectivity index (χ2n) is 5.05. The molecule has 0 aliphatic rings. The summed E-state index contributed by atoms with van der Waals surface area (Å²) in [6.45, 7) is 6.36. The zero-order chi connectivity index (χ0) is 14.7. The van der Waals surface area contributed by atoms with Crippen LogP contribution >= 0.6 is 11.6 Å². The first-order valence-electron chi connectivity index (χ1n) is 6.55. The SMILES string of the molecule is Cc1cc(Oc2c(Cl)cccc2C=O)ccc1C(C)C. The molecule has 0 bridgehead atoms.